The molecule has 8 nitrogen and oxygen atoms in total. The minimum absolute atomic E-state index is 0.0414. The summed E-state index contributed by atoms with van der Waals surface area (Å²) in [6, 6.07) is 5.76. The van der Waals surface area contributed by atoms with Crippen molar-refractivity contribution < 1.29 is 17.9 Å². The Balaban J connectivity index is 1.69. The highest BCUT2D eigenvalue weighted by atomic mass is 35.5. The average molecular weight is 417 g/mol. The lowest BCUT2D eigenvalue weighted by Crippen LogP contribution is -2.41. The number of nitrogens with one attached hydrogen (secondary N) is 2. The Morgan fingerprint density at radius 2 is 2.08 bits per heavy atom. The van der Waals surface area contributed by atoms with E-state index >= 15 is 0 Å². The van der Waals surface area contributed by atoms with Crippen molar-refractivity contribution in [3.8, 4) is 0 Å². The fraction of sp³-hybridized carbons (Fsp3) is 0.333. The number of hydrogen-bond donors (Lipinski definition) is 2. The number of amides is 1. The van der Waals surface area contributed by atoms with Crippen LogP contribution >= 0.6 is 22.9 Å². The van der Waals surface area contributed by atoms with Gasteiger partial charge in [-0.3, -0.25) is 10.2 Å². The number of benzene rings is 1. The van der Waals surface area contributed by atoms with Crippen LogP contribution in [0.15, 0.2) is 29.2 Å². The number of hydrazine groups is 1. The fourth-order valence-electron chi connectivity index (χ4n) is 2.35. The summed E-state index contributed by atoms with van der Waals surface area (Å²) in [5.41, 5.74) is 2.76. The number of carbonyl (C=O) groups excluding carboxylic acids is 1. The second-order valence-electron chi connectivity index (χ2n) is 5.53. The molecule has 0 unspecified atom stereocenters. The topological polar surface area (TPSA) is 101 Å². The smallest absolute Gasteiger partial charge is 0.278 e. The number of nitrogens with zero attached hydrogens (tertiary/aromatic N) is 2. The van der Waals surface area contributed by atoms with Gasteiger partial charge in [0, 0.05) is 18.1 Å². The SMILES string of the molecule is Cc1nc(N2CCOCC2)sc1C(=O)NNS(=O)(=O)c1cccc(Cl)c1. The standard InChI is InChI=1S/C15H17ClN4O4S2/c1-10-13(25-15(17-10)20-5-7-24-8-6-20)14(21)18-19-26(22,23)12-4-2-3-11(16)9-12/h2-4,9,19H,5-8H2,1H3,(H,18,21). The van der Waals surface area contributed by atoms with Crippen molar-refractivity contribution in [1.29, 1.82) is 0 Å². The Labute approximate surface area is 160 Å². The third kappa shape index (κ3) is 4.33. The first kappa shape index (κ1) is 19.1. The molecule has 2 N–H and O–H groups in total. The maximum atomic E-state index is 12.4. The van der Waals surface area contributed by atoms with Crippen LogP contribution in [0.4, 0.5) is 5.13 Å². The number of thiazole rings is 1. The molecular formula is C15H17ClN4O4S2. The summed E-state index contributed by atoms with van der Waals surface area (Å²) in [7, 11) is -3.92. The van der Waals surface area contributed by atoms with E-state index in [0.29, 0.717) is 42.0 Å². The van der Waals surface area contributed by atoms with E-state index in [1.807, 2.05) is 4.90 Å². The van der Waals surface area contributed by atoms with Gasteiger partial charge in [-0.1, -0.05) is 29.0 Å². The van der Waals surface area contributed by atoms with Gasteiger partial charge in [-0.25, -0.2) is 13.4 Å². The molecule has 0 radical (unpaired) electrons. The molecule has 11 heteroatoms. The van der Waals surface area contributed by atoms with Crippen molar-refractivity contribution in [2.45, 2.75) is 11.8 Å². The van der Waals surface area contributed by atoms with E-state index in [4.69, 9.17) is 16.3 Å². The zero-order valence-corrected chi connectivity index (χ0v) is 16.2. The van der Waals surface area contributed by atoms with Crippen LogP contribution in [0.25, 0.3) is 0 Å². The predicted molar refractivity (Wildman–Crippen MR) is 99.1 cm³/mol. The van der Waals surface area contributed by atoms with E-state index in [0.717, 1.165) is 0 Å². The summed E-state index contributed by atoms with van der Waals surface area (Å²) in [6.07, 6.45) is 0. The van der Waals surface area contributed by atoms with Crippen LogP contribution in [-0.2, 0) is 14.8 Å². The molecule has 1 aromatic heterocycles. The van der Waals surface area contributed by atoms with E-state index in [1.54, 1.807) is 13.0 Å². The molecule has 1 aliphatic heterocycles. The Kier molecular flexibility index (Phi) is 5.78. The van der Waals surface area contributed by atoms with Crippen molar-refractivity contribution in [1.82, 2.24) is 15.2 Å². The van der Waals surface area contributed by atoms with Crippen LogP contribution in [0.3, 0.4) is 0 Å². The van der Waals surface area contributed by atoms with Gasteiger partial charge in [0.25, 0.3) is 15.9 Å². The molecule has 26 heavy (non-hydrogen) atoms. The summed E-state index contributed by atoms with van der Waals surface area (Å²) in [5, 5.41) is 1.00. The van der Waals surface area contributed by atoms with E-state index in [9.17, 15) is 13.2 Å². The molecule has 1 aliphatic rings. The monoisotopic (exact) mass is 416 g/mol. The van der Waals surface area contributed by atoms with E-state index < -0.39 is 15.9 Å². The minimum Gasteiger partial charge on any atom is -0.378 e. The first-order chi connectivity index (χ1) is 12.4. The molecule has 3 rings (SSSR count). The highest BCUT2D eigenvalue weighted by Gasteiger charge is 2.22. The summed E-state index contributed by atoms with van der Waals surface area (Å²) in [5.74, 6) is -0.565. The third-order valence-corrected chi connectivity index (χ3v) is 6.38. The van der Waals surface area contributed by atoms with Crippen LogP contribution < -0.4 is 15.2 Å². The number of aryl methyl sites for hydroxylation is 1. The lowest BCUT2D eigenvalue weighted by atomic mass is 10.4. The molecule has 0 bridgehead atoms. The van der Waals surface area contributed by atoms with Crippen molar-refractivity contribution in [3.05, 3.63) is 39.9 Å². The lowest BCUT2D eigenvalue weighted by Gasteiger charge is -2.25. The van der Waals surface area contributed by atoms with E-state index in [2.05, 4.69) is 15.2 Å². The molecule has 2 heterocycles. The summed E-state index contributed by atoms with van der Waals surface area (Å²) < 4.78 is 29.8. The number of hydrogen-bond acceptors (Lipinski definition) is 7. The number of rotatable bonds is 5. The van der Waals surface area contributed by atoms with E-state index in [-0.39, 0.29) is 9.92 Å². The second-order valence-corrected chi connectivity index (χ2v) is 8.62. The summed E-state index contributed by atoms with van der Waals surface area (Å²) >= 11 is 7.02. The summed E-state index contributed by atoms with van der Waals surface area (Å²) in [4.78, 5) is 21.2. The van der Waals surface area contributed by atoms with Crippen LogP contribution in [0, 0.1) is 6.92 Å². The van der Waals surface area contributed by atoms with Gasteiger partial charge in [0.15, 0.2) is 5.13 Å². The number of anilines is 1. The third-order valence-electron chi connectivity index (χ3n) is 3.68. The predicted octanol–water partition coefficient (Wildman–Crippen LogP) is 1.56. The van der Waals surface area contributed by atoms with Gasteiger partial charge in [0.2, 0.25) is 0 Å². The molecule has 0 spiro atoms. The molecule has 1 amide bonds. The van der Waals surface area contributed by atoms with Crippen LogP contribution in [0.2, 0.25) is 5.02 Å². The zero-order chi connectivity index (χ0) is 18.7. The van der Waals surface area contributed by atoms with Crippen LogP contribution in [-0.4, -0.2) is 45.6 Å². The Morgan fingerprint density at radius 3 is 2.77 bits per heavy atom. The zero-order valence-electron chi connectivity index (χ0n) is 13.9. The Hall–Kier alpha value is -1.72. The van der Waals surface area contributed by atoms with Gasteiger partial charge in [-0.15, -0.1) is 4.83 Å². The van der Waals surface area contributed by atoms with Gasteiger partial charge in [-0.05, 0) is 25.1 Å². The van der Waals surface area contributed by atoms with Crippen molar-refractivity contribution in [3.63, 3.8) is 0 Å². The maximum Gasteiger partial charge on any atom is 0.278 e. The quantitative estimate of drug-likeness (QED) is 0.717. The lowest BCUT2D eigenvalue weighted by molar-refractivity contribution is 0.0948. The summed E-state index contributed by atoms with van der Waals surface area (Å²) in [6.45, 7) is 4.34. The largest absolute Gasteiger partial charge is 0.378 e. The number of sulfonamides is 1. The highest BCUT2D eigenvalue weighted by Crippen LogP contribution is 2.26. The maximum absolute atomic E-state index is 12.4. The molecule has 140 valence electrons. The number of halogens is 1. The highest BCUT2D eigenvalue weighted by molar-refractivity contribution is 7.89. The average Bonchev–Trinajstić information content (AvgIpc) is 3.02. The number of morpholine rings is 1. The van der Waals surface area contributed by atoms with E-state index in [1.165, 1.54) is 29.5 Å². The van der Waals surface area contributed by atoms with Gasteiger partial charge < -0.3 is 9.64 Å². The van der Waals surface area contributed by atoms with Gasteiger partial charge in [0.1, 0.15) is 4.88 Å². The Morgan fingerprint density at radius 1 is 1.35 bits per heavy atom. The first-order valence-corrected chi connectivity index (χ1v) is 10.4. The molecule has 2 aromatic rings. The molecule has 1 aromatic carbocycles. The molecule has 1 saturated heterocycles. The molecule has 0 saturated carbocycles. The van der Waals surface area contributed by atoms with Crippen LogP contribution in [0.1, 0.15) is 15.4 Å². The molecular weight excluding hydrogens is 400 g/mol. The molecule has 0 atom stereocenters. The minimum atomic E-state index is -3.92. The number of ether oxygens (including phenoxy) is 1. The van der Waals surface area contributed by atoms with Crippen molar-refractivity contribution in [2.24, 2.45) is 0 Å². The first-order valence-electron chi connectivity index (χ1n) is 7.74. The van der Waals surface area contributed by atoms with Gasteiger partial charge in [-0.2, -0.15) is 0 Å². The van der Waals surface area contributed by atoms with Gasteiger partial charge >= 0.3 is 0 Å². The number of carbonyl (C=O) groups is 1. The van der Waals surface area contributed by atoms with Crippen molar-refractivity contribution in [2.75, 3.05) is 31.2 Å². The van der Waals surface area contributed by atoms with Crippen molar-refractivity contribution >= 4 is 44.0 Å². The van der Waals surface area contributed by atoms with Crippen LogP contribution in [0.5, 0.6) is 0 Å². The second kappa shape index (κ2) is 7.89. The molecule has 0 aliphatic carbocycles. The number of aromatic nitrogens is 1. The van der Waals surface area contributed by atoms with Gasteiger partial charge in [0.05, 0.1) is 23.8 Å². The Bertz CT molecular complexity index is 910. The fourth-order valence-corrected chi connectivity index (χ4v) is 4.50. The molecule has 1 fully saturated rings. The normalized spacial score (nSPS) is 15.1.